The van der Waals surface area contributed by atoms with Gasteiger partial charge >= 0.3 is 24.2 Å². The molecule has 2 atom stereocenters. The third-order valence-corrected chi connectivity index (χ3v) is 8.32. The van der Waals surface area contributed by atoms with Gasteiger partial charge in [-0.05, 0) is 36.4 Å². The fourth-order valence-electron chi connectivity index (χ4n) is 5.38. The molecule has 55 heavy (non-hydrogen) atoms. The van der Waals surface area contributed by atoms with Crippen LogP contribution in [0.1, 0.15) is 19.8 Å². The van der Waals surface area contributed by atoms with Crippen LogP contribution in [0.4, 0.5) is 54.7 Å². The standard InChI is InChI=1S/C17H17F2N3O5.C15H15F2N3O3.C3H6O2/c1-26-16(24)20-8-11-9-22(17(25)27-11)13-3-2-12(14(18)15(13)19)21-6-4-10(23)5-7-21;16-13-11(19-5-3-9(21)4-6-19)1-2-12(14(13)17)20-8-10(7-18)23-15(20)22;1-3(4)5-2/h2-4,6,11H,5,7-9H2,1H3,(H,20,24);1-3,5,10H,4,6-8,18H2;1-2H3/t11-;10-;/m00./s1. The lowest BCUT2D eigenvalue weighted by molar-refractivity contribution is -0.138. The monoisotopic (exact) mass is 778 g/mol. The summed E-state index contributed by atoms with van der Waals surface area (Å²) >= 11 is 0. The van der Waals surface area contributed by atoms with Gasteiger partial charge in [-0.2, -0.15) is 0 Å². The summed E-state index contributed by atoms with van der Waals surface area (Å²) in [5, 5.41) is 2.37. The molecule has 6 rings (SSSR count). The van der Waals surface area contributed by atoms with E-state index in [9.17, 15) is 46.3 Å². The number of nitrogens with zero attached hydrogens (tertiary/aromatic N) is 4. The van der Waals surface area contributed by atoms with Crippen molar-refractivity contribution in [2.24, 2.45) is 5.73 Å². The zero-order valence-corrected chi connectivity index (χ0v) is 29.9. The Bertz CT molecular complexity index is 1880. The van der Waals surface area contributed by atoms with Crippen molar-refractivity contribution >= 4 is 58.6 Å². The highest BCUT2D eigenvalue weighted by atomic mass is 19.2. The Kier molecular flexibility index (Phi) is 14.2. The number of allylic oxidation sites excluding steroid dienone is 2. The van der Waals surface area contributed by atoms with Gasteiger partial charge in [0.2, 0.25) is 0 Å². The molecule has 3 N–H and O–H groups in total. The summed E-state index contributed by atoms with van der Waals surface area (Å²) in [6, 6.07) is 5.30. The van der Waals surface area contributed by atoms with E-state index in [0.29, 0.717) is 0 Å². The number of hydrogen-bond donors (Lipinski definition) is 2. The average molecular weight is 779 g/mol. The molecule has 2 saturated heterocycles. The maximum absolute atomic E-state index is 14.6. The Morgan fingerprint density at radius 1 is 0.727 bits per heavy atom. The van der Waals surface area contributed by atoms with Crippen LogP contribution in [0, 0.1) is 23.3 Å². The number of hydrogen-bond acceptors (Lipinski definition) is 13. The second-order valence-corrected chi connectivity index (χ2v) is 12.0. The van der Waals surface area contributed by atoms with Crippen molar-refractivity contribution in [3.05, 3.63) is 72.1 Å². The van der Waals surface area contributed by atoms with Crippen LogP contribution < -0.4 is 30.7 Å². The van der Waals surface area contributed by atoms with Crippen molar-refractivity contribution in [3.63, 3.8) is 0 Å². The molecule has 0 spiro atoms. The molecule has 0 aliphatic carbocycles. The number of esters is 1. The minimum Gasteiger partial charge on any atom is -0.469 e. The molecular weight excluding hydrogens is 740 g/mol. The van der Waals surface area contributed by atoms with E-state index < -0.39 is 53.8 Å². The first kappa shape index (κ1) is 41.6. The summed E-state index contributed by atoms with van der Waals surface area (Å²) in [6.45, 7) is 1.96. The Balaban J connectivity index is 0.000000220. The minimum absolute atomic E-state index is 0.0120. The number of halogens is 4. The Morgan fingerprint density at radius 3 is 1.49 bits per heavy atom. The quantitative estimate of drug-likeness (QED) is 0.236. The lowest BCUT2D eigenvalue weighted by Gasteiger charge is -2.24. The molecule has 0 unspecified atom stereocenters. The summed E-state index contributed by atoms with van der Waals surface area (Å²) in [6.07, 6.45) is 2.29. The third-order valence-electron chi connectivity index (χ3n) is 8.32. The SMILES string of the molecule is COC(=O)NC[C@H]1CN(c2ccc(N3C=CC(=O)CC3)c(F)c2F)C(=O)O1.COC(C)=O.NC[C@H]1CN(c2ccc(N3C=CC(=O)CC3)c(F)c2F)C(=O)O1. The molecule has 0 saturated carbocycles. The van der Waals surface area contributed by atoms with Gasteiger partial charge in [0.05, 0.1) is 56.6 Å². The predicted molar refractivity (Wildman–Crippen MR) is 187 cm³/mol. The van der Waals surface area contributed by atoms with E-state index >= 15 is 0 Å². The fourth-order valence-corrected chi connectivity index (χ4v) is 5.38. The van der Waals surface area contributed by atoms with Gasteiger partial charge in [-0.1, -0.05) is 0 Å². The van der Waals surface area contributed by atoms with Crippen molar-refractivity contribution < 1.29 is 65.3 Å². The molecule has 2 aromatic carbocycles. The summed E-state index contributed by atoms with van der Waals surface area (Å²) in [4.78, 5) is 71.7. The van der Waals surface area contributed by atoms with E-state index in [1.165, 1.54) is 79.8 Å². The van der Waals surface area contributed by atoms with E-state index in [0.717, 1.165) is 9.80 Å². The first-order valence-corrected chi connectivity index (χ1v) is 16.6. The number of amides is 3. The lowest BCUT2D eigenvalue weighted by Crippen LogP contribution is -2.34. The van der Waals surface area contributed by atoms with Crippen LogP contribution in [-0.2, 0) is 33.3 Å². The van der Waals surface area contributed by atoms with E-state index in [2.05, 4.69) is 14.8 Å². The van der Waals surface area contributed by atoms with Crippen molar-refractivity contribution in [3.8, 4) is 0 Å². The molecule has 296 valence electrons. The maximum atomic E-state index is 14.6. The van der Waals surface area contributed by atoms with Gasteiger partial charge in [-0.3, -0.25) is 24.2 Å². The number of carbonyl (C=O) groups excluding carboxylic acids is 6. The fraction of sp³-hybridized carbons (Fsp3) is 0.371. The molecular formula is C35H38F4N6O10. The highest BCUT2D eigenvalue weighted by molar-refractivity contribution is 5.93. The highest BCUT2D eigenvalue weighted by Crippen LogP contribution is 2.34. The Morgan fingerprint density at radius 2 is 1.13 bits per heavy atom. The van der Waals surface area contributed by atoms with Gasteiger partial charge < -0.3 is 39.8 Å². The van der Waals surface area contributed by atoms with Crippen LogP contribution in [0.25, 0.3) is 0 Å². The van der Waals surface area contributed by atoms with E-state index in [-0.39, 0.29) is 92.4 Å². The zero-order valence-electron chi connectivity index (χ0n) is 29.9. The molecule has 0 bridgehead atoms. The van der Waals surface area contributed by atoms with E-state index in [4.69, 9.17) is 15.2 Å². The number of ether oxygens (including phenoxy) is 4. The number of benzene rings is 2. The number of alkyl carbamates (subject to hydrolysis) is 1. The van der Waals surface area contributed by atoms with Crippen molar-refractivity contribution in [1.29, 1.82) is 0 Å². The van der Waals surface area contributed by atoms with E-state index in [1.807, 2.05) is 0 Å². The summed E-state index contributed by atoms with van der Waals surface area (Å²) in [5.74, 6) is -4.94. The van der Waals surface area contributed by atoms with Gasteiger partial charge in [0.25, 0.3) is 0 Å². The molecule has 4 aliphatic rings. The predicted octanol–water partition coefficient (Wildman–Crippen LogP) is 3.66. The van der Waals surface area contributed by atoms with Crippen LogP contribution >= 0.6 is 0 Å². The summed E-state index contributed by atoms with van der Waals surface area (Å²) in [5.41, 5.74) is 4.95. The molecule has 4 heterocycles. The number of rotatable bonds is 7. The number of methoxy groups -OCH3 is 2. The van der Waals surface area contributed by atoms with Crippen LogP contribution in [0.15, 0.2) is 48.8 Å². The molecule has 4 aliphatic heterocycles. The molecule has 0 aromatic heterocycles. The smallest absolute Gasteiger partial charge is 0.414 e. The summed E-state index contributed by atoms with van der Waals surface area (Å²) < 4.78 is 76.4. The molecule has 3 amide bonds. The van der Waals surface area contributed by atoms with Gasteiger partial charge in [0.15, 0.2) is 34.8 Å². The van der Waals surface area contributed by atoms with Crippen LogP contribution in [0.5, 0.6) is 0 Å². The molecule has 2 fully saturated rings. The number of carbonyl (C=O) groups is 6. The largest absolute Gasteiger partial charge is 0.469 e. The average Bonchev–Trinajstić information content (AvgIpc) is 3.75. The normalized spacial score (nSPS) is 18.9. The first-order valence-electron chi connectivity index (χ1n) is 16.6. The van der Waals surface area contributed by atoms with Crippen LogP contribution in [0.3, 0.4) is 0 Å². The molecule has 0 radical (unpaired) electrons. The summed E-state index contributed by atoms with van der Waals surface area (Å²) in [7, 11) is 2.54. The maximum Gasteiger partial charge on any atom is 0.414 e. The van der Waals surface area contributed by atoms with Gasteiger partial charge in [0, 0.05) is 51.8 Å². The highest BCUT2D eigenvalue weighted by Gasteiger charge is 2.36. The lowest BCUT2D eigenvalue weighted by atomic mass is 10.1. The van der Waals surface area contributed by atoms with Crippen LogP contribution in [-0.4, -0.2) is 102 Å². The Hall–Kier alpha value is -6.18. The molecule has 20 heteroatoms. The topological polar surface area (TPSA) is 190 Å². The number of cyclic esters (lactones) is 2. The van der Waals surface area contributed by atoms with E-state index in [1.54, 1.807) is 0 Å². The number of anilines is 4. The number of nitrogens with two attached hydrogens (primary N) is 1. The number of nitrogens with one attached hydrogen (secondary N) is 1. The number of ketones is 2. The van der Waals surface area contributed by atoms with Gasteiger partial charge in [-0.25, -0.2) is 31.9 Å². The van der Waals surface area contributed by atoms with Crippen molar-refractivity contribution in [2.45, 2.75) is 32.0 Å². The Labute approximate surface area is 312 Å². The second kappa shape index (κ2) is 18.7. The minimum atomic E-state index is -1.20. The first-order chi connectivity index (χ1) is 26.2. The molecule has 2 aromatic rings. The zero-order chi connectivity index (χ0) is 40.4. The third kappa shape index (κ3) is 10.3. The van der Waals surface area contributed by atoms with Crippen molar-refractivity contribution in [2.75, 3.05) is 73.1 Å². The van der Waals surface area contributed by atoms with Gasteiger partial charge in [0.1, 0.15) is 12.2 Å². The molecule has 16 nitrogen and oxygen atoms in total. The van der Waals surface area contributed by atoms with Gasteiger partial charge in [-0.15, -0.1) is 0 Å². The second-order valence-electron chi connectivity index (χ2n) is 12.0. The van der Waals surface area contributed by atoms with Crippen LogP contribution in [0.2, 0.25) is 0 Å². The van der Waals surface area contributed by atoms with Crippen molar-refractivity contribution in [1.82, 2.24) is 5.32 Å².